The summed E-state index contributed by atoms with van der Waals surface area (Å²) in [4.78, 5) is 26.7. The van der Waals surface area contributed by atoms with Gasteiger partial charge in [-0.05, 0) is 37.5 Å². The summed E-state index contributed by atoms with van der Waals surface area (Å²) < 4.78 is 1.74. The quantitative estimate of drug-likeness (QED) is 0.818. The first-order valence-electron chi connectivity index (χ1n) is 9.30. The number of carbonyl (C=O) groups excluding carboxylic acids is 2. The van der Waals surface area contributed by atoms with Crippen LogP contribution in [0.3, 0.4) is 0 Å². The molecule has 3 amide bonds. The highest BCUT2D eigenvalue weighted by Crippen LogP contribution is 2.29. The number of hydrogen-bond acceptors (Lipinski definition) is 3. The fraction of sp³-hybridized carbons (Fsp3) is 0.450. The maximum Gasteiger partial charge on any atom is 0.322 e. The minimum Gasteiger partial charge on any atom is -0.326 e. The van der Waals surface area contributed by atoms with Gasteiger partial charge in [0.2, 0.25) is 5.91 Å². The summed E-state index contributed by atoms with van der Waals surface area (Å²) in [6.45, 7) is 6.16. The SMILES string of the molecule is Cc1ccc(NC(=O)N(Cc2cnn(C)c2)C2CC2)cc1NC(=O)C(C)C. The first-order valence-corrected chi connectivity index (χ1v) is 9.30. The van der Waals surface area contributed by atoms with Crippen molar-refractivity contribution in [3.63, 3.8) is 0 Å². The molecule has 2 aromatic rings. The maximum absolute atomic E-state index is 12.8. The Morgan fingerprint density at radius 1 is 1.30 bits per heavy atom. The van der Waals surface area contributed by atoms with E-state index in [4.69, 9.17) is 0 Å². The molecule has 1 aliphatic carbocycles. The number of aryl methyl sites for hydroxylation is 2. The lowest BCUT2D eigenvalue weighted by Crippen LogP contribution is -2.36. The summed E-state index contributed by atoms with van der Waals surface area (Å²) in [5, 5.41) is 10.1. The minimum atomic E-state index is -0.133. The average Bonchev–Trinajstić information content (AvgIpc) is 3.37. The molecule has 0 radical (unpaired) electrons. The molecule has 27 heavy (non-hydrogen) atoms. The molecular formula is C20H27N5O2. The fourth-order valence-electron chi connectivity index (χ4n) is 2.81. The Balaban J connectivity index is 1.71. The van der Waals surface area contributed by atoms with Gasteiger partial charge in [0.15, 0.2) is 0 Å². The van der Waals surface area contributed by atoms with Crippen molar-refractivity contribution in [3.05, 3.63) is 41.7 Å². The van der Waals surface area contributed by atoms with E-state index in [-0.39, 0.29) is 23.9 Å². The topological polar surface area (TPSA) is 79.3 Å². The molecule has 1 aromatic carbocycles. The van der Waals surface area contributed by atoms with Crippen LogP contribution in [0, 0.1) is 12.8 Å². The van der Waals surface area contributed by atoms with E-state index in [1.807, 2.05) is 57.1 Å². The maximum atomic E-state index is 12.8. The zero-order valence-corrected chi connectivity index (χ0v) is 16.3. The lowest BCUT2D eigenvalue weighted by atomic mass is 10.1. The summed E-state index contributed by atoms with van der Waals surface area (Å²) >= 11 is 0. The zero-order chi connectivity index (χ0) is 19.6. The van der Waals surface area contributed by atoms with Gasteiger partial charge in [0.1, 0.15) is 0 Å². The number of carbonyl (C=O) groups is 2. The van der Waals surface area contributed by atoms with Gasteiger partial charge in [-0.1, -0.05) is 19.9 Å². The van der Waals surface area contributed by atoms with Crippen LogP contribution in [0.4, 0.5) is 16.2 Å². The highest BCUT2D eigenvalue weighted by molar-refractivity contribution is 5.95. The predicted molar refractivity (Wildman–Crippen MR) is 105 cm³/mol. The predicted octanol–water partition coefficient (Wildman–Crippen LogP) is 3.52. The standard InChI is InChI=1S/C20H27N5O2/c1-13(2)19(26)23-18-9-16(6-5-14(18)3)22-20(27)25(17-7-8-17)12-15-10-21-24(4)11-15/h5-6,9-11,13,17H,7-8,12H2,1-4H3,(H,22,27)(H,23,26). The normalized spacial score (nSPS) is 13.5. The number of hydrogen-bond donors (Lipinski definition) is 2. The van der Waals surface area contributed by atoms with Crippen molar-refractivity contribution in [2.75, 3.05) is 10.6 Å². The van der Waals surface area contributed by atoms with Crippen molar-refractivity contribution < 1.29 is 9.59 Å². The number of nitrogens with zero attached hydrogens (tertiary/aromatic N) is 3. The van der Waals surface area contributed by atoms with Gasteiger partial charge < -0.3 is 15.5 Å². The third-order valence-corrected chi connectivity index (χ3v) is 4.63. The first-order chi connectivity index (χ1) is 12.8. The van der Waals surface area contributed by atoms with Crippen LogP contribution in [0.15, 0.2) is 30.6 Å². The Morgan fingerprint density at radius 3 is 2.63 bits per heavy atom. The molecule has 1 aromatic heterocycles. The Kier molecular flexibility index (Phi) is 5.48. The first kappa shape index (κ1) is 18.9. The number of nitrogens with one attached hydrogen (secondary N) is 2. The van der Waals surface area contributed by atoms with Crippen molar-refractivity contribution >= 4 is 23.3 Å². The van der Waals surface area contributed by atoms with E-state index >= 15 is 0 Å². The van der Waals surface area contributed by atoms with Gasteiger partial charge in [0, 0.05) is 42.1 Å². The number of rotatable bonds is 6. The molecule has 7 nitrogen and oxygen atoms in total. The molecule has 0 aliphatic heterocycles. The van der Waals surface area contributed by atoms with E-state index in [9.17, 15) is 9.59 Å². The van der Waals surface area contributed by atoms with Crippen LogP contribution in [0.1, 0.15) is 37.8 Å². The number of benzene rings is 1. The molecule has 0 spiro atoms. The van der Waals surface area contributed by atoms with Crippen LogP contribution in [0.2, 0.25) is 0 Å². The van der Waals surface area contributed by atoms with E-state index in [1.54, 1.807) is 10.9 Å². The van der Waals surface area contributed by atoms with E-state index in [0.717, 1.165) is 29.7 Å². The lowest BCUT2D eigenvalue weighted by Gasteiger charge is -2.22. The van der Waals surface area contributed by atoms with Gasteiger partial charge in [0.25, 0.3) is 0 Å². The molecule has 3 rings (SSSR count). The number of aromatic nitrogens is 2. The molecule has 1 heterocycles. The fourth-order valence-corrected chi connectivity index (χ4v) is 2.81. The second kappa shape index (κ2) is 7.82. The van der Waals surface area contributed by atoms with Crippen molar-refractivity contribution in [2.45, 2.75) is 46.2 Å². The van der Waals surface area contributed by atoms with Crippen molar-refractivity contribution in [1.29, 1.82) is 0 Å². The van der Waals surface area contributed by atoms with Crippen molar-refractivity contribution in [1.82, 2.24) is 14.7 Å². The van der Waals surface area contributed by atoms with E-state index in [2.05, 4.69) is 15.7 Å². The van der Waals surface area contributed by atoms with Crippen LogP contribution < -0.4 is 10.6 Å². The van der Waals surface area contributed by atoms with Crippen LogP contribution in [-0.2, 0) is 18.4 Å². The lowest BCUT2D eigenvalue weighted by molar-refractivity contribution is -0.118. The monoisotopic (exact) mass is 369 g/mol. The third kappa shape index (κ3) is 4.87. The summed E-state index contributed by atoms with van der Waals surface area (Å²) in [7, 11) is 1.87. The summed E-state index contributed by atoms with van der Waals surface area (Å²) in [6, 6.07) is 5.70. The van der Waals surface area contributed by atoms with Crippen molar-refractivity contribution in [2.24, 2.45) is 13.0 Å². The third-order valence-electron chi connectivity index (χ3n) is 4.63. The molecule has 0 unspecified atom stereocenters. The van der Waals surface area contributed by atoms with Gasteiger partial charge in [-0.25, -0.2) is 4.79 Å². The molecule has 0 saturated heterocycles. The van der Waals surface area contributed by atoms with Crippen LogP contribution >= 0.6 is 0 Å². The summed E-state index contributed by atoms with van der Waals surface area (Å²) in [5.41, 5.74) is 3.35. The Labute approximate surface area is 159 Å². The second-order valence-corrected chi connectivity index (χ2v) is 7.49. The van der Waals surface area contributed by atoms with E-state index < -0.39 is 0 Å². The molecule has 1 saturated carbocycles. The molecular weight excluding hydrogens is 342 g/mol. The van der Waals surface area contributed by atoms with Crippen LogP contribution in [0.5, 0.6) is 0 Å². The smallest absolute Gasteiger partial charge is 0.322 e. The van der Waals surface area contributed by atoms with Gasteiger partial charge in [-0.2, -0.15) is 5.10 Å². The van der Waals surface area contributed by atoms with Crippen LogP contribution in [-0.4, -0.2) is 32.7 Å². The van der Waals surface area contributed by atoms with E-state index in [0.29, 0.717) is 12.2 Å². The van der Waals surface area contributed by atoms with Gasteiger partial charge in [-0.15, -0.1) is 0 Å². The van der Waals surface area contributed by atoms with Crippen LogP contribution in [0.25, 0.3) is 0 Å². The summed E-state index contributed by atoms with van der Waals surface area (Å²) in [5.74, 6) is -0.148. The summed E-state index contributed by atoms with van der Waals surface area (Å²) in [6.07, 6.45) is 5.76. The Morgan fingerprint density at radius 2 is 2.04 bits per heavy atom. The molecule has 1 aliphatic rings. The Bertz CT molecular complexity index is 839. The minimum absolute atomic E-state index is 0.0437. The van der Waals surface area contributed by atoms with E-state index in [1.165, 1.54) is 0 Å². The van der Waals surface area contributed by atoms with Gasteiger partial charge in [0.05, 0.1) is 12.7 Å². The number of anilines is 2. The van der Waals surface area contributed by atoms with Gasteiger partial charge in [-0.3, -0.25) is 9.48 Å². The molecule has 7 heteroatoms. The number of amides is 3. The molecule has 0 bridgehead atoms. The number of urea groups is 1. The zero-order valence-electron chi connectivity index (χ0n) is 16.3. The average molecular weight is 369 g/mol. The van der Waals surface area contributed by atoms with Crippen molar-refractivity contribution in [3.8, 4) is 0 Å². The second-order valence-electron chi connectivity index (χ2n) is 7.49. The Hall–Kier alpha value is -2.83. The molecule has 1 fully saturated rings. The highest BCUT2D eigenvalue weighted by atomic mass is 16.2. The largest absolute Gasteiger partial charge is 0.326 e. The molecule has 2 N–H and O–H groups in total. The van der Waals surface area contributed by atoms with Gasteiger partial charge >= 0.3 is 6.03 Å². The molecule has 144 valence electrons. The molecule has 0 atom stereocenters. The highest BCUT2D eigenvalue weighted by Gasteiger charge is 2.33.